The molecule has 0 heterocycles. The molecule has 1 aromatic rings. The fourth-order valence-electron chi connectivity index (χ4n) is 1.71. The number of aromatic hydroxyl groups is 2. The molecule has 4 nitrogen and oxygen atoms in total. The molecule has 0 saturated carbocycles. The van der Waals surface area contributed by atoms with Gasteiger partial charge in [0.2, 0.25) is 0 Å². The van der Waals surface area contributed by atoms with Crippen LogP contribution in [0.1, 0.15) is 18.4 Å². The van der Waals surface area contributed by atoms with Crippen molar-refractivity contribution in [2.45, 2.75) is 12.8 Å². The Kier molecular flexibility index (Phi) is 7.26. The van der Waals surface area contributed by atoms with E-state index in [0.29, 0.717) is 18.6 Å². The highest BCUT2D eigenvalue weighted by Gasteiger charge is 2.00. The molecule has 0 amide bonds. The highest BCUT2D eigenvalue weighted by molar-refractivity contribution is 5.87. The molecule has 0 radical (unpaired) electrons. The number of ether oxygens (including phenoxy) is 1. The first-order valence-corrected chi connectivity index (χ1v) is 6.87. The summed E-state index contributed by atoms with van der Waals surface area (Å²) in [7, 11) is 0. The van der Waals surface area contributed by atoms with Gasteiger partial charge in [0.15, 0.2) is 11.5 Å². The summed E-state index contributed by atoms with van der Waals surface area (Å²) in [5.74, 6) is -0.896. The van der Waals surface area contributed by atoms with Crippen LogP contribution in [0.3, 0.4) is 0 Å². The second-order valence-electron chi connectivity index (χ2n) is 4.53. The third kappa shape index (κ3) is 6.13. The molecule has 22 heavy (non-hydrogen) atoms. The lowest BCUT2D eigenvalue weighted by Gasteiger charge is -2.03. The summed E-state index contributed by atoms with van der Waals surface area (Å²) in [6.45, 7) is 7.63. The number of hydrogen-bond acceptors (Lipinski definition) is 4. The lowest BCUT2D eigenvalue weighted by atomic mass is 10.1. The largest absolute Gasteiger partial charge is 0.504 e. The Morgan fingerprint density at radius 3 is 2.64 bits per heavy atom. The fraction of sp³-hybridized carbons (Fsp3) is 0.167. The van der Waals surface area contributed by atoms with Gasteiger partial charge in [-0.15, -0.1) is 0 Å². The lowest BCUT2D eigenvalue weighted by Crippen LogP contribution is -2.02. The van der Waals surface area contributed by atoms with Gasteiger partial charge in [-0.25, -0.2) is 4.79 Å². The highest BCUT2D eigenvalue weighted by atomic mass is 16.5. The Bertz CT molecular complexity index is 597. The summed E-state index contributed by atoms with van der Waals surface area (Å²) in [6.07, 6.45) is 9.56. The van der Waals surface area contributed by atoms with Gasteiger partial charge in [-0.05, 0) is 42.2 Å². The molecule has 2 N–H and O–H groups in total. The van der Waals surface area contributed by atoms with Crippen molar-refractivity contribution in [1.82, 2.24) is 0 Å². The molecule has 0 bridgehead atoms. The van der Waals surface area contributed by atoms with Crippen molar-refractivity contribution < 1.29 is 19.7 Å². The van der Waals surface area contributed by atoms with Crippen LogP contribution < -0.4 is 0 Å². The predicted octanol–water partition coefficient (Wildman–Crippen LogP) is 3.73. The van der Waals surface area contributed by atoms with Gasteiger partial charge in [-0.2, -0.15) is 0 Å². The van der Waals surface area contributed by atoms with Crippen molar-refractivity contribution in [3.63, 3.8) is 0 Å². The molecule has 0 unspecified atom stereocenters. The standard InChI is InChI=1S/C18H20O4/c1-3-6-14(4-2)7-5-12-22-18(21)11-9-15-8-10-16(19)17(20)13-15/h3-4,6,8-11,13,19-20H,1-2,5,7,12H2/b11-9+,14-6+. The van der Waals surface area contributed by atoms with Crippen LogP contribution in [0.2, 0.25) is 0 Å². The molecular formula is C18H20O4. The zero-order chi connectivity index (χ0) is 16.4. The number of benzene rings is 1. The van der Waals surface area contributed by atoms with E-state index in [0.717, 1.165) is 12.0 Å². The van der Waals surface area contributed by atoms with Crippen molar-refractivity contribution in [1.29, 1.82) is 0 Å². The number of rotatable bonds is 8. The minimum atomic E-state index is -0.458. The van der Waals surface area contributed by atoms with Crippen molar-refractivity contribution in [2.24, 2.45) is 0 Å². The van der Waals surface area contributed by atoms with Crippen LogP contribution in [0, 0.1) is 0 Å². The van der Waals surface area contributed by atoms with Gasteiger partial charge < -0.3 is 14.9 Å². The van der Waals surface area contributed by atoms with Crippen LogP contribution in [0.4, 0.5) is 0 Å². The summed E-state index contributed by atoms with van der Waals surface area (Å²) in [5.41, 5.74) is 1.64. The molecule has 0 fully saturated rings. The maximum Gasteiger partial charge on any atom is 0.330 e. The molecule has 116 valence electrons. The monoisotopic (exact) mass is 300 g/mol. The van der Waals surface area contributed by atoms with Gasteiger partial charge in [0.1, 0.15) is 0 Å². The van der Waals surface area contributed by atoms with Gasteiger partial charge >= 0.3 is 5.97 Å². The molecule has 0 aliphatic heterocycles. The van der Waals surface area contributed by atoms with Crippen LogP contribution in [-0.4, -0.2) is 22.8 Å². The molecule has 0 aromatic heterocycles. The Hall–Kier alpha value is -2.75. The zero-order valence-corrected chi connectivity index (χ0v) is 12.4. The molecule has 0 aliphatic rings. The average molecular weight is 300 g/mol. The van der Waals surface area contributed by atoms with Gasteiger partial charge in [0, 0.05) is 6.08 Å². The van der Waals surface area contributed by atoms with Gasteiger partial charge in [-0.1, -0.05) is 37.5 Å². The SMILES string of the molecule is C=C/C=C(\C=C)CCCOC(=O)/C=C/c1ccc(O)c(O)c1. The Morgan fingerprint density at radius 2 is 2.00 bits per heavy atom. The maximum atomic E-state index is 11.5. The summed E-state index contributed by atoms with van der Waals surface area (Å²) < 4.78 is 5.07. The first kappa shape index (κ1) is 17.3. The maximum absolute atomic E-state index is 11.5. The summed E-state index contributed by atoms with van der Waals surface area (Å²) in [5, 5.41) is 18.5. The van der Waals surface area contributed by atoms with Crippen molar-refractivity contribution >= 4 is 12.0 Å². The molecule has 4 heteroatoms. The average Bonchev–Trinajstić information content (AvgIpc) is 2.51. The van der Waals surface area contributed by atoms with Gasteiger partial charge in [-0.3, -0.25) is 0 Å². The molecular weight excluding hydrogens is 280 g/mol. The van der Waals surface area contributed by atoms with E-state index < -0.39 is 5.97 Å². The fourth-order valence-corrected chi connectivity index (χ4v) is 1.71. The number of esters is 1. The van der Waals surface area contributed by atoms with E-state index in [1.165, 1.54) is 24.3 Å². The number of phenolic OH excluding ortho intramolecular Hbond substituents is 2. The third-order valence-electron chi connectivity index (χ3n) is 2.86. The van der Waals surface area contributed by atoms with Crippen molar-refractivity contribution in [2.75, 3.05) is 6.61 Å². The van der Waals surface area contributed by atoms with E-state index in [2.05, 4.69) is 13.2 Å². The van der Waals surface area contributed by atoms with Crippen LogP contribution in [0.15, 0.2) is 61.2 Å². The molecule has 1 rings (SSSR count). The predicted molar refractivity (Wildman–Crippen MR) is 87.5 cm³/mol. The van der Waals surface area contributed by atoms with E-state index >= 15 is 0 Å². The van der Waals surface area contributed by atoms with Crippen molar-refractivity contribution in [3.8, 4) is 11.5 Å². The number of hydrogen-bond donors (Lipinski definition) is 2. The molecule has 0 spiro atoms. The Balaban J connectivity index is 2.38. The van der Waals surface area contributed by atoms with Gasteiger partial charge in [0.05, 0.1) is 6.61 Å². The third-order valence-corrected chi connectivity index (χ3v) is 2.86. The molecule has 0 atom stereocenters. The smallest absolute Gasteiger partial charge is 0.330 e. The number of carbonyl (C=O) groups excluding carboxylic acids is 1. The van der Waals surface area contributed by atoms with E-state index in [1.54, 1.807) is 18.2 Å². The van der Waals surface area contributed by atoms with E-state index in [1.807, 2.05) is 6.08 Å². The first-order chi connectivity index (χ1) is 10.6. The van der Waals surface area contributed by atoms with E-state index in [-0.39, 0.29) is 11.5 Å². The summed E-state index contributed by atoms with van der Waals surface area (Å²) in [4.78, 5) is 11.5. The number of allylic oxidation sites excluding steroid dienone is 4. The number of phenols is 2. The molecule has 0 saturated heterocycles. The van der Waals surface area contributed by atoms with Crippen LogP contribution in [0.5, 0.6) is 11.5 Å². The molecule has 1 aromatic carbocycles. The van der Waals surface area contributed by atoms with Crippen molar-refractivity contribution in [3.05, 3.63) is 66.8 Å². The minimum Gasteiger partial charge on any atom is -0.504 e. The van der Waals surface area contributed by atoms with E-state index in [9.17, 15) is 15.0 Å². The molecule has 0 aliphatic carbocycles. The number of carbonyl (C=O) groups is 1. The minimum absolute atomic E-state index is 0.203. The summed E-state index contributed by atoms with van der Waals surface area (Å²) >= 11 is 0. The Morgan fingerprint density at radius 1 is 1.23 bits per heavy atom. The summed E-state index contributed by atoms with van der Waals surface area (Å²) in [6, 6.07) is 4.29. The van der Waals surface area contributed by atoms with E-state index in [4.69, 9.17) is 4.74 Å². The first-order valence-electron chi connectivity index (χ1n) is 6.87. The quantitative estimate of drug-likeness (QED) is 0.252. The van der Waals surface area contributed by atoms with Gasteiger partial charge in [0.25, 0.3) is 0 Å². The topological polar surface area (TPSA) is 66.8 Å². The lowest BCUT2D eigenvalue weighted by molar-refractivity contribution is -0.137. The zero-order valence-electron chi connectivity index (χ0n) is 12.4. The Labute approximate surface area is 130 Å². The second kappa shape index (κ2) is 9.23. The highest BCUT2D eigenvalue weighted by Crippen LogP contribution is 2.25. The van der Waals surface area contributed by atoms with Crippen LogP contribution in [-0.2, 0) is 9.53 Å². The normalized spacial score (nSPS) is 11.4. The van der Waals surface area contributed by atoms with Crippen LogP contribution >= 0.6 is 0 Å². The van der Waals surface area contributed by atoms with Crippen LogP contribution in [0.25, 0.3) is 6.08 Å². The second-order valence-corrected chi connectivity index (χ2v) is 4.53.